The van der Waals surface area contributed by atoms with Crippen LogP contribution in [-0.4, -0.2) is 50.6 Å². The second kappa shape index (κ2) is 10.8. The summed E-state index contributed by atoms with van der Waals surface area (Å²) >= 11 is 0. The number of anilines is 3. The molecule has 202 valence electrons. The monoisotopic (exact) mass is 561 g/mol. The van der Waals surface area contributed by atoms with Crippen LogP contribution in [0.4, 0.5) is 17.1 Å². The molecule has 11 nitrogen and oxygen atoms in total. The minimum Gasteiger partial charge on any atom is -0.497 e. The Balaban J connectivity index is 1.54. The van der Waals surface area contributed by atoms with Crippen molar-refractivity contribution >= 4 is 43.0 Å². The van der Waals surface area contributed by atoms with Gasteiger partial charge in [0.25, 0.3) is 20.0 Å². The molecule has 3 aromatic carbocycles. The van der Waals surface area contributed by atoms with E-state index in [1.165, 1.54) is 74.8 Å². The van der Waals surface area contributed by atoms with Crippen molar-refractivity contribution < 1.29 is 35.8 Å². The van der Waals surface area contributed by atoms with Gasteiger partial charge in [0, 0.05) is 24.7 Å². The summed E-state index contributed by atoms with van der Waals surface area (Å²) in [6, 6.07) is 14.1. The van der Waals surface area contributed by atoms with Crippen molar-refractivity contribution in [3.63, 3.8) is 0 Å². The fraction of sp³-hybridized carbons (Fsp3) is 0.240. The second-order valence-electron chi connectivity index (χ2n) is 8.28. The standard InChI is InChI=1S/C25H27N3O8S2/c1-34-18-8-12-21(24(15-18)36-3)27-37(30,31)19-9-6-17(7-10-19)26-38(32,33)20-11-13-23(35-2)22(16-20)28-14-4-5-25(28)29/h6-13,15-16,26-27H,4-5,14H2,1-3H3. The van der Waals surface area contributed by atoms with Crippen LogP contribution in [0.2, 0.25) is 0 Å². The Morgan fingerprint density at radius 1 is 0.737 bits per heavy atom. The molecule has 0 atom stereocenters. The first-order chi connectivity index (χ1) is 18.1. The van der Waals surface area contributed by atoms with E-state index in [0.29, 0.717) is 36.6 Å². The molecular formula is C25H27N3O8S2. The Morgan fingerprint density at radius 2 is 1.39 bits per heavy atom. The highest BCUT2D eigenvalue weighted by molar-refractivity contribution is 7.93. The smallest absolute Gasteiger partial charge is 0.262 e. The fourth-order valence-electron chi connectivity index (χ4n) is 3.95. The number of hydrogen-bond donors (Lipinski definition) is 2. The van der Waals surface area contributed by atoms with Crippen LogP contribution in [-0.2, 0) is 24.8 Å². The summed E-state index contributed by atoms with van der Waals surface area (Å²) < 4.78 is 72.6. The van der Waals surface area contributed by atoms with Crippen molar-refractivity contribution in [2.75, 3.05) is 42.2 Å². The molecule has 2 N–H and O–H groups in total. The first-order valence-corrected chi connectivity index (χ1v) is 14.4. The minimum atomic E-state index is -4.06. The summed E-state index contributed by atoms with van der Waals surface area (Å²) in [4.78, 5) is 13.6. The van der Waals surface area contributed by atoms with Crippen LogP contribution in [0.5, 0.6) is 17.2 Å². The van der Waals surface area contributed by atoms with Crippen LogP contribution in [0.3, 0.4) is 0 Å². The van der Waals surface area contributed by atoms with Crippen molar-refractivity contribution in [3.05, 3.63) is 60.7 Å². The number of ether oxygens (including phenoxy) is 3. The molecule has 0 aliphatic carbocycles. The van der Waals surface area contributed by atoms with Gasteiger partial charge in [-0.3, -0.25) is 14.2 Å². The number of hydrogen-bond acceptors (Lipinski definition) is 8. The lowest BCUT2D eigenvalue weighted by Gasteiger charge is -2.20. The van der Waals surface area contributed by atoms with Crippen molar-refractivity contribution in [1.82, 2.24) is 0 Å². The maximum absolute atomic E-state index is 13.1. The molecule has 0 bridgehead atoms. The molecule has 0 saturated carbocycles. The van der Waals surface area contributed by atoms with Crippen LogP contribution < -0.4 is 28.6 Å². The molecule has 0 spiro atoms. The number of methoxy groups -OCH3 is 3. The van der Waals surface area contributed by atoms with Crippen molar-refractivity contribution in [3.8, 4) is 17.2 Å². The zero-order valence-electron chi connectivity index (χ0n) is 20.9. The summed E-state index contributed by atoms with van der Waals surface area (Å²) in [6.07, 6.45) is 1.06. The number of carbonyl (C=O) groups excluding carboxylic acids is 1. The highest BCUT2D eigenvalue weighted by atomic mass is 32.2. The van der Waals surface area contributed by atoms with Crippen LogP contribution in [0.1, 0.15) is 12.8 Å². The molecule has 1 saturated heterocycles. The Hall–Kier alpha value is -3.97. The molecule has 1 fully saturated rings. The van der Waals surface area contributed by atoms with Gasteiger partial charge in [0.2, 0.25) is 5.91 Å². The number of rotatable bonds is 10. The number of amides is 1. The quantitative estimate of drug-likeness (QED) is 0.384. The van der Waals surface area contributed by atoms with Gasteiger partial charge in [0.1, 0.15) is 17.2 Å². The molecule has 1 aliphatic heterocycles. The topological polar surface area (TPSA) is 140 Å². The summed E-state index contributed by atoms with van der Waals surface area (Å²) in [5.41, 5.74) is 0.741. The lowest BCUT2D eigenvalue weighted by molar-refractivity contribution is -0.117. The second-order valence-corrected chi connectivity index (χ2v) is 11.6. The van der Waals surface area contributed by atoms with Crippen LogP contribution >= 0.6 is 0 Å². The van der Waals surface area contributed by atoms with Crippen molar-refractivity contribution in [2.24, 2.45) is 0 Å². The maximum Gasteiger partial charge on any atom is 0.262 e. The van der Waals surface area contributed by atoms with E-state index in [-0.39, 0.29) is 32.8 Å². The molecule has 38 heavy (non-hydrogen) atoms. The molecule has 3 aromatic rings. The molecule has 0 radical (unpaired) electrons. The molecule has 0 aromatic heterocycles. The zero-order valence-corrected chi connectivity index (χ0v) is 22.6. The average molecular weight is 562 g/mol. The normalized spacial score (nSPS) is 13.8. The molecule has 4 rings (SSSR count). The molecule has 1 heterocycles. The van der Waals surface area contributed by atoms with E-state index in [1.54, 1.807) is 12.1 Å². The Kier molecular flexibility index (Phi) is 7.69. The number of carbonyl (C=O) groups is 1. The third-order valence-electron chi connectivity index (χ3n) is 5.89. The lowest BCUT2D eigenvalue weighted by atomic mass is 10.2. The van der Waals surface area contributed by atoms with Gasteiger partial charge in [-0.1, -0.05) is 0 Å². The number of sulfonamides is 2. The van der Waals surface area contributed by atoms with Gasteiger partial charge in [-0.2, -0.15) is 0 Å². The molecular weight excluding hydrogens is 534 g/mol. The predicted octanol–water partition coefficient (Wildman–Crippen LogP) is 3.44. The highest BCUT2D eigenvalue weighted by Gasteiger charge is 2.27. The Morgan fingerprint density at radius 3 is 2.00 bits per heavy atom. The van der Waals surface area contributed by atoms with E-state index in [0.717, 1.165) is 0 Å². The molecule has 13 heteroatoms. The van der Waals surface area contributed by atoms with E-state index in [9.17, 15) is 21.6 Å². The van der Waals surface area contributed by atoms with Crippen LogP contribution in [0.15, 0.2) is 70.5 Å². The molecule has 1 amide bonds. The largest absolute Gasteiger partial charge is 0.497 e. The van der Waals surface area contributed by atoms with Gasteiger partial charge < -0.3 is 19.1 Å². The Bertz CT molecular complexity index is 1560. The Labute approximate surface area is 221 Å². The zero-order chi connectivity index (χ0) is 27.5. The van der Waals surface area contributed by atoms with Gasteiger partial charge in [0.15, 0.2) is 0 Å². The van der Waals surface area contributed by atoms with Gasteiger partial charge >= 0.3 is 0 Å². The van der Waals surface area contributed by atoms with E-state index < -0.39 is 20.0 Å². The van der Waals surface area contributed by atoms with Crippen LogP contribution in [0.25, 0.3) is 0 Å². The summed E-state index contributed by atoms with van der Waals surface area (Å²) in [5.74, 6) is 1.04. The van der Waals surface area contributed by atoms with E-state index in [1.807, 2.05) is 0 Å². The summed E-state index contributed by atoms with van der Waals surface area (Å²) in [7, 11) is -3.73. The first kappa shape index (κ1) is 27.1. The van der Waals surface area contributed by atoms with Gasteiger partial charge in [0.05, 0.1) is 42.5 Å². The van der Waals surface area contributed by atoms with Gasteiger partial charge in [-0.05, 0) is 61.0 Å². The molecule has 0 unspecified atom stereocenters. The summed E-state index contributed by atoms with van der Waals surface area (Å²) in [5, 5.41) is 0. The minimum absolute atomic E-state index is 0.0713. The van der Waals surface area contributed by atoms with E-state index in [2.05, 4.69) is 9.44 Å². The highest BCUT2D eigenvalue weighted by Crippen LogP contribution is 2.34. The first-order valence-electron chi connectivity index (χ1n) is 11.4. The number of nitrogens with zero attached hydrogens (tertiary/aromatic N) is 1. The average Bonchev–Trinajstić information content (AvgIpc) is 3.34. The van der Waals surface area contributed by atoms with Gasteiger partial charge in [-0.25, -0.2) is 16.8 Å². The maximum atomic E-state index is 13.1. The predicted molar refractivity (Wildman–Crippen MR) is 142 cm³/mol. The van der Waals surface area contributed by atoms with Gasteiger partial charge in [-0.15, -0.1) is 0 Å². The van der Waals surface area contributed by atoms with E-state index >= 15 is 0 Å². The summed E-state index contributed by atoms with van der Waals surface area (Å²) in [6.45, 7) is 0.471. The van der Waals surface area contributed by atoms with E-state index in [4.69, 9.17) is 14.2 Å². The number of nitrogens with one attached hydrogen (secondary N) is 2. The third kappa shape index (κ3) is 5.63. The fourth-order valence-corrected chi connectivity index (χ4v) is 6.10. The third-order valence-corrected chi connectivity index (χ3v) is 8.66. The van der Waals surface area contributed by atoms with Crippen molar-refractivity contribution in [2.45, 2.75) is 22.6 Å². The molecule has 1 aliphatic rings. The lowest BCUT2D eigenvalue weighted by Crippen LogP contribution is -2.25. The van der Waals surface area contributed by atoms with Crippen LogP contribution in [0, 0.1) is 0 Å². The number of benzene rings is 3. The SMILES string of the molecule is COc1ccc(NS(=O)(=O)c2ccc(NS(=O)(=O)c3ccc(OC)c(N4CCCC4=O)c3)cc2)c(OC)c1. The van der Waals surface area contributed by atoms with Crippen molar-refractivity contribution in [1.29, 1.82) is 0 Å².